The van der Waals surface area contributed by atoms with Crippen LogP contribution >= 0.6 is 15.9 Å². The number of halogens is 1. The van der Waals surface area contributed by atoms with Gasteiger partial charge in [0.2, 0.25) is 11.8 Å². The zero-order valence-electron chi connectivity index (χ0n) is 26.2. The number of piperidine rings is 2. The number of amides is 3. The summed E-state index contributed by atoms with van der Waals surface area (Å²) in [5, 5.41) is 10.1. The number of anilines is 1. The molecule has 12 heteroatoms. The van der Waals surface area contributed by atoms with E-state index in [0.29, 0.717) is 47.6 Å². The Kier molecular flexibility index (Phi) is 9.67. The third-order valence-electron chi connectivity index (χ3n) is 9.39. The Morgan fingerprint density at radius 3 is 2.35 bits per heavy atom. The van der Waals surface area contributed by atoms with Gasteiger partial charge in [-0.25, -0.2) is 4.68 Å². The fourth-order valence-corrected chi connectivity index (χ4v) is 7.28. The lowest BCUT2D eigenvalue weighted by molar-refractivity contribution is -0.134. The lowest BCUT2D eigenvalue weighted by Crippen LogP contribution is -2.48. The Morgan fingerprint density at radius 2 is 1.65 bits per heavy atom. The lowest BCUT2D eigenvalue weighted by atomic mass is 9.87. The van der Waals surface area contributed by atoms with Crippen LogP contribution < -0.4 is 16.2 Å². The van der Waals surface area contributed by atoms with Gasteiger partial charge in [0.25, 0.3) is 11.5 Å². The second-order valence-corrected chi connectivity index (χ2v) is 13.5. The lowest BCUT2D eigenvalue weighted by Gasteiger charge is -2.37. The number of piperazine rings is 1. The smallest absolute Gasteiger partial charge is 0.282 e. The topological polar surface area (TPSA) is 120 Å². The number of aryl methyl sites for hydroxylation is 1. The van der Waals surface area contributed by atoms with E-state index in [-0.39, 0.29) is 35.2 Å². The van der Waals surface area contributed by atoms with E-state index in [4.69, 9.17) is 0 Å². The Hall–Kier alpha value is -3.87. The number of hydrogen-bond donors (Lipinski definition) is 2. The third-order valence-corrected chi connectivity index (χ3v) is 10.2. The first-order chi connectivity index (χ1) is 22.1. The summed E-state index contributed by atoms with van der Waals surface area (Å²) in [6, 6.07) is 16.3. The number of hydrogen-bond acceptors (Lipinski definition) is 8. The number of imide groups is 1. The molecule has 242 valence electrons. The molecular weight excluding hydrogens is 650 g/mol. The zero-order valence-corrected chi connectivity index (χ0v) is 27.8. The average Bonchev–Trinajstić information content (AvgIpc) is 3.05. The van der Waals surface area contributed by atoms with Gasteiger partial charge >= 0.3 is 0 Å². The van der Waals surface area contributed by atoms with E-state index in [9.17, 15) is 19.2 Å². The number of benzene rings is 2. The molecule has 3 aliphatic rings. The molecule has 3 aliphatic heterocycles. The molecule has 0 radical (unpaired) electrons. The third kappa shape index (κ3) is 7.24. The van der Waals surface area contributed by atoms with Crippen LogP contribution in [0.2, 0.25) is 0 Å². The first-order valence-corrected chi connectivity index (χ1v) is 16.6. The van der Waals surface area contributed by atoms with E-state index in [0.717, 1.165) is 50.3 Å². The molecule has 3 atom stereocenters. The number of carbonyl (C=O) groups is 3. The highest BCUT2D eigenvalue weighted by Crippen LogP contribution is 2.30. The van der Waals surface area contributed by atoms with Crippen LogP contribution in [-0.2, 0) is 23.2 Å². The molecule has 0 saturated carbocycles. The van der Waals surface area contributed by atoms with E-state index in [2.05, 4.69) is 72.8 Å². The van der Waals surface area contributed by atoms with Gasteiger partial charge in [-0.1, -0.05) is 36.4 Å². The van der Waals surface area contributed by atoms with E-state index >= 15 is 0 Å². The number of aromatic nitrogens is 2. The first-order valence-electron chi connectivity index (χ1n) is 15.9. The minimum Gasteiger partial charge on any atom is -0.379 e. The molecule has 3 amide bonds. The van der Waals surface area contributed by atoms with Crippen molar-refractivity contribution in [3.63, 3.8) is 0 Å². The van der Waals surface area contributed by atoms with Crippen molar-refractivity contribution in [3.8, 4) is 0 Å². The largest absolute Gasteiger partial charge is 0.379 e. The van der Waals surface area contributed by atoms with Gasteiger partial charge < -0.3 is 15.1 Å². The molecule has 0 spiro atoms. The molecule has 3 fully saturated rings. The highest BCUT2D eigenvalue weighted by atomic mass is 79.9. The van der Waals surface area contributed by atoms with E-state index in [1.807, 2.05) is 29.2 Å². The summed E-state index contributed by atoms with van der Waals surface area (Å²) >= 11 is 3.42. The maximum Gasteiger partial charge on any atom is 0.282 e. The van der Waals surface area contributed by atoms with E-state index in [1.54, 1.807) is 13.2 Å². The monoisotopic (exact) mass is 689 g/mol. The van der Waals surface area contributed by atoms with Crippen molar-refractivity contribution in [1.29, 1.82) is 0 Å². The van der Waals surface area contributed by atoms with Crippen molar-refractivity contribution < 1.29 is 14.4 Å². The molecular formula is C34H40BrN7O4. The second kappa shape index (κ2) is 13.9. The maximum atomic E-state index is 13.4. The maximum absolute atomic E-state index is 13.4. The van der Waals surface area contributed by atoms with Crippen LogP contribution in [0.1, 0.15) is 58.1 Å². The molecule has 3 saturated heterocycles. The van der Waals surface area contributed by atoms with Crippen LogP contribution in [0.15, 0.2) is 64.0 Å². The van der Waals surface area contributed by atoms with E-state index in [1.165, 1.54) is 10.2 Å². The minimum absolute atomic E-state index is 0.0584. The average molecular weight is 691 g/mol. The summed E-state index contributed by atoms with van der Waals surface area (Å²) in [4.78, 5) is 55.9. The fourth-order valence-electron chi connectivity index (χ4n) is 6.81. The summed E-state index contributed by atoms with van der Waals surface area (Å²) in [5.74, 6) is -0.337. The molecule has 46 heavy (non-hydrogen) atoms. The number of likely N-dealkylation sites (tertiary alicyclic amines) is 1. The number of nitrogens with one attached hydrogen (secondary N) is 2. The van der Waals surface area contributed by atoms with Gasteiger partial charge in [0, 0.05) is 70.9 Å². The van der Waals surface area contributed by atoms with Gasteiger partial charge in [-0.05, 0) is 70.6 Å². The van der Waals surface area contributed by atoms with Crippen molar-refractivity contribution in [3.05, 3.63) is 91.8 Å². The minimum atomic E-state index is -0.272. The first kappa shape index (κ1) is 32.1. The van der Waals surface area contributed by atoms with Crippen LogP contribution in [0.5, 0.6) is 0 Å². The Bertz CT molecular complexity index is 1650. The summed E-state index contributed by atoms with van der Waals surface area (Å²) < 4.78 is 1.79. The van der Waals surface area contributed by atoms with Gasteiger partial charge in [0.05, 0.1) is 17.8 Å². The van der Waals surface area contributed by atoms with Crippen molar-refractivity contribution in [1.82, 2.24) is 29.8 Å². The molecule has 11 nitrogen and oxygen atoms in total. The van der Waals surface area contributed by atoms with Crippen LogP contribution in [0.3, 0.4) is 0 Å². The Balaban J connectivity index is 1.00. The number of nitrogens with zero attached hydrogens (tertiary/aromatic N) is 5. The molecule has 4 heterocycles. The second-order valence-electron chi connectivity index (χ2n) is 12.7. The SMILES string of the molecule is CN1C[C@@H](Nc2cnn(C)c(=O)c2Br)C[C@@H](c2ccc(C(=O)N3CCN(Cc4ccc(C5CCC(=O)NC5=O)cc4)CC3)cc2)C1. The van der Waals surface area contributed by atoms with Crippen molar-refractivity contribution in [2.45, 2.75) is 43.7 Å². The van der Waals surface area contributed by atoms with Gasteiger partial charge in [-0.15, -0.1) is 0 Å². The molecule has 1 aromatic heterocycles. The number of likely N-dealkylation sites (N-methyl/N-ethyl adjacent to an activating group) is 1. The summed E-state index contributed by atoms with van der Waals surface area (Å²) in [6.45, 7) is 5.48. The van der Waals surface area contributed by atoms with Crippen LogP contribution in [0, 0.1) is 0 Å². The summed E-state index contributed by atoms with van der Waals surface area (Å²) in [7, 11) is 3.73. The Morgan fingerprint density at radius 1 is 0.957 bits per heavy atom. The highest BCUT2D eigenvalue weighted by molar-refractivity contribution is 9.10. The fraction of sp³-hybridized carbons (Fsp3) is 0.441. The van der Waals surface area contributed by atoms with Crippen LogP contribution in [0.4, 0.5) is 5.69 Å². The number of carbonyl (C=O) groups excluding carboxylic acids is 3. The van der Waals surface area contributed by atoms with E-state index < -0.39 is 0 Å². The van der Waals surface area contributed by atoms with Crippen molar-refractivity contribution >= 4 is 39.3 Å². The van der Waals surface area contributed by atoms with Crippen molar-refractivity contribution in [2.75, 3.05) is 51.6 Å². The Labute approximate surface area is 277 Å². The van der Waals surface area contributed by atoms with Gasteiger partial charge in [-0.3, -0.25) is 29.4 Å². The quantitative estimate of drug-likeness (QED) is 0.364. The molecule has 3 aromatic rings. The molecule has 2 aromatic carbocycles. The van der Waals surface area contributed by atoms with Crippen LogP contribution in [0.25, 0.3) is 0 Å². The summed E-state index contributed by atoms with van der Waals surface area (Å²) in [5.41, 5.74) is 4.53. The zero-order chi connectivity index (χ0) is 32.4. The van der Waals surface area contributed by atoms with Gasteiger partial charge in [-0.2, -0.15) is 5.10 Å². The predicted octanol–water partition coefficient (Wildman–Crippen LogP) is 2.92. The van der Waals surface area contributed by atoms with Crippen molar-refractivity contribution in [2.24, 2.45) is 7.05 Å². The normalized spacial score (nSPS) is 22.8. The summed E-state index contributed by atoms with van der Waals surface area (Å²) in [6.07, 6.45) is 3.51. The highest BCUT2D eigenvalue weighted by Gasteiger charge is 2.29. The molecule has 0 aliphatic carbocycles. The predicted molar refractivity (Wildman–Crippen MR) is 179 cm³/mol. The molecule has 2 N–H and O–H groups in total. The molecule has 6 rings (SSSR count). The number of rotatable bonds is 7. The van der Waals surface area contributed by atoms with Crippen LogP contribution in [-0.4, -0.2) is 94.6 Å². The van der Waals surface area contributed by atoms with Gasteiger partial charge in [0.15, 0.2) is 0 Å². The van der Waals surface area contributed by atoms with Gasteiger partial charge in [0.1, 0.15) is 4.47 Å². The molecule has 0 bridgehead atoms. The standard InChI is InChI=1S/C34H40BrN7O4/c1-39-20-26(17-27(21-39)37-29-18-36-40(2)34(46)31(29)35)23-7-9-25(10-8-23)33(45)42-15-13-41(14-16-42)19-22-3-5-24(6-4-22)28-11-12-30(43)38-32(28)44/h3-10,18,26-28,37H,11-17,19-21H2,1-2H3,(H,38,43,44)/t26-,27+,28?/m1/s1. The molecule has 1 unspecified atom stereocenters.